The molecular weight excluding hydrogens is 209 g/mol. The third kappa shape index (κ3) is 2.22. The van der Waals surface area contributed by atoms with E-state index in [1.807, 2.05) is 6.07 Å². The molecule has 2 rings (SSSR count). The van der Waals surface area contributed by atoms with Gasteiger partial charge in [-0.2, -0.15) is 0 Å². The predicted molar refractivity (Wildman–Crippen MR) is 57.9 cm³/mol. The van der Waals surface area contributed by atoms with E-state index < -0.39 is 18.2 Å². The quantitative estimate of drug-likeness (QED) is 0.850. The summed E-state index contributed by atoms with van der Waals surface area (Å²) in [5.41, 5.74) is 0.712. The van der Waals surface area contributed by atoms with E-state index in [0.717, 1.165) is 0 Å². The van der Waals surface area contributed by atoms with Crippen molar-refractivity contribution in [2.75, 3.05) is 13.1 Å². The second-order valence-electron chi connectivity index (χ2n) is 4.03. The van der Waals surface area contributed by atoms with Gasteiger partial charge in [-0.3, -0.25) is 9.69 Å². The lowest BCUT2D eigenvalue weighted by Crippen LogP contribution is -2.32. The summed E-state index contributed by atoms with van der Waals surface area (Å²) in [4.78, 5) is 12.9. The molecule has 0 unspecified atom stereocenters. The molecule has 0 saturated carbocycles. The van der Waals surface area contributed by atoms with Gasteiger partial charge < -0.3 is 5.11 Å². The Labute approximate surface area is 93.5 Å². The number of carbonyl (C=O) groups is 1. The number of hydrogen-bond acceptors (Lipinski definition) is 2. The van der Waals surface area contributed by atoms with Crippen molar-refractivity contribution in [1.82, 2.24) is 4.90 Å². The maximum Gasteiger partial charge on any atom is 0.325 e. The second-order valence-corrected chi connectivity index (χ2v) is 4.03. The zero-order valence-electron chi connectivity index (χ0n) is 8.84. The van der Waals surface area contributed by atoms with Crippen LogP contribution in [0.4, 0.5) is 4.39 Å². The standard InChI is InChI=1S/C12H14FNO2/c13-10-6-7-14(8-10)11(12(15)16)9-4-2-1-3-5-9/h1-5,10-11H,6-8H2,(H,15,16)/t10-,11-/m0/s1. The van der Waals surface area contributed by atoms with Gasteiger partial charge in [-0.1, -0.05) is 30.3 Å². The van der Waals surface area contributed by atoms with Gasteiger partial charge in [-0.15, -0.1) is 0 Å². The smallest absolute Gasteiger partial charge is 0.325 e. The molecule has 1 heterocycles. The Kier molecular flexibility index (Phi) is 3.19. The average Bonchev–Trinajstić information content (AvgIpc) is 2.66. The Bertz CT molecular complexity index is 369. The average molecular weight is 223 g/mol. The molecule has 0 amide bonds. The molecule has 4 heteroatoms. The normalized spacial score (nSPS) is 23.2. The van der Waals surface area contributed by atoms with Crippen LogP contribution in [0.1, 0.15) is 18.0 Å². The van der Waals surface area contributed by atoms with Gasteiger partial charge in [0.15, 0.2) is 0 Å². The largest absolute Gasteiger partial charge is 0.480 e. The molecule has 3 nitrogen and oxygen atoms in total. The van der Waals surface area contributed by atoms with Crippen molar-refractivity contribution in [2.45, 2.75) is 18.6 Å². The van der Waals surface area contributed by atoms with E-state index in [1.165, 1.54) is 0 Å². The zero-order chi connectivity index (χ0) is 11.5. The third-order valence-corrected chi connectivity index (χ3v) is 2.88. The van der Waals surface area contributed by atoms with Crippen LogP contribution < -0.4 is 0 Å². The highest BCUT2D eigenvalue weighted by atomic mass is 19.1. The third-order valence-electron chi connectivity index (χ3n) is 2.88. The fourth-order valence-corrected chi connectivity index (χ4v) is 2.12. The Morgan fingerprint density at radius 2 is 2.12 bits per heavy atom. The van der Waals surface area contributed by atoms with Crippen LogP contribution in [-0.4, -0.2) is 35.2 Å². The lowest BCUT2D eigenvalue weighted by molar-refractivity contribution is -0.143. The molecule has 1 aromatic carbocycles. The first-order valence-corrected chi connectivity index (χ1v) is 5.34. The molecule has 0 bridgehead atoms. The minimum atomic E-state index is -0.916. The number of rotatable bonds is 3. The molecule has 2 atom stereocenters. The first-order chi connectivity index (χ1) is 7.68. The molecule has 1 aliphatic rings. The summed E-state index contributed by atoms with van der Waals surface area (Å²) < 4.78 is 13.1. The Morgan fingerprint density at radius 3 is 2.62 bits per heavy atom. The number of alkyl halides is 1. The van der Waals surface area contributed by atoms with Gasteiger partial charge in [0.2, 0.25) is 0 Å². The lowest BCUT2D eigenvalue weighted by atomic mass is 10.1. The van der Waals surface area contributed by atoms with Crippen molar-refractivity contribution in [3.8, 4) is 0 Å². The summed E-state index contributed by atoms with van der Waals surface area (Å²) in [7, 11) is 0. The van der Waals surface area contributed by atoms with Crippen molar-refractivity contribution in [1.29, 1.82) is 0 Å². The van der Waals surface area contributed by atoms with Crippen LogP contribution in [0.15, 0.2) is 30.3 Å². The number of benzene rings is 1. The van der Waals surface area contributed by atoms with Crippen LogP contribution in [0, 0.1) is 0 Å². The van der Waals surface area contributed by atoms with Crippen LogP contribution in [0.2, 0.25) is 0 Å². The van der Waals surface area contributed by atoms with Crippen molar-refractivity contribution in [2.24, 2.45) is 0 Å². The van der Waals surface area contributed by atoms with Crippen LogP contribution in [0.3, 0.4) is 0 Å². The van der Waals surface area contributed by atoms with E-state index in [-0.39, 0.29) is 6.54 Å². The van der Waals surface area contributed by atoms with E-state index in [0.29, 0.717) is 18.5 Å². The van der Waals surface area contributed by atoms with E-state index >= 15 is 0 Å². The van der Waals surface area contributed by atoms with E-state index in [4.69, 9.17) is 0 Å². The SMILES string of the molecule is O=C(O)[C@H](c1ccccc1)N1CC[C@H](F)C1. The van der Waals surface area contributed by atoms with Crippen LogP contribution in [-0.2, 0) is 4.79 Å². The summed E-state index contributed by atoms with van der Waals surface area (Å²) in [6.07, 6.45) is -0.470. The number of carboxylic acid groups (broad SMARTS) is 1. The molecule has 0 aromatic heterocycles. The maximum atomic E-state index is 13.1. The van der Waals surface area contributed by atoms with E-state index in [9.17, 15) is 14.3 Å². The van der Waals surface area contributed by atoms with Gasteiger partial charge >= 0.3 is 5.97 Å². The van der Waals surface area contributed by atoms with Gasteiger partial charge in [0.05, 0.1) is 0 Å². The summed E-state index contributed by atoms with van der Waals surface area (Å²) >= 11 is 0. The highest BCUT2D eigenvalue weighted by Crippen LogP contribution is 2.26. The molecule has 1 aliphatic heterocycles. The molecule has 0 aliphatic carbocycles. The zero-order valence-corrected chi connectivity index (χ0v) is 8.84. The van der Waals surface area contributed by atoms with Crippen LogP contribution in [0.25, 0.3) is 0 Å². The van der Waals surface area contributed by atoms with Gasteiger partial charge in [-0.25, -0.2) is 4.39 Å². The first kappa shape index (κ1) is 11.1. The fourth-order valence-electron chi connectivity index (χ4n) is 2.12. The monoisotopic (exact) mass is 223 g/mol. The molecular formula is C12H14FNO2. The summed E-state index contributed by atoms with van der Waals surface area (Å²) in [6, 6.07) is 8.25. The molecule has 1 saturated heterocycles. The van der Waals surface area contributed by atoms with Crippen molar-refractivity contribution in [3.05, 3.63) is 35.9 Å². The predicted octanol–water partition coefficient (Wildman–Crippen LogP) is 1.86. The fraction of sp³-hybridized carbons (Fsp3) is 0.417. The van der Waals surface area contributed by atoms with Crippen LogP contribution >= 0.6 is 0 Å². The van der Waals surface area contributed by atoms with E-state index in [1.54, 1.807) is 29.2 Å². The number of aliphatic carboxylic acids is 1. The van der Waals surface area contributed by atoms with Crippen molar-refractivity contribution >= 4 is 5.97 Å². The summed E-state index contributed by atoms with van der Waals surface area (Å²) in [6.45, 7) is 0.721. The van der Waals surface area contributed by atoms with Crippen LogP contribution in [0.5, 0.6) is 0 Å². The Morgan fingerprint density at radius 1 is 1.44 bits per heavy atom. The highest BCUT2D eigenvalue weighted by molar-refractivity contribution is 5.75. The molecule has 1 aromatic rings. The summed E-state index contributed by atoms with van der Waals surface area (Å²) in [5.74, 6) is -0.916. The van der Waals surface area contributed by atoms with Crippen molar-refractivity contribution < 1.29 is 14.3 Å². The Hall–Kier alpha value is -1.42. The lowest BCUT2D eigenvalue weighted by Gasteiger charge is -2.23. The van der Waals surface area contributed by atoms with E-state index in [2.05, 4.69) is 0 Å². The molecule has 1 fully saturated rings. The molecule has 0 spiro atoms. The summed E-state index contributed by atoms with van der Waals surface area (Å²) in [5, 5.41) is 9.21. The number of likely N-dealkylation sites (tertiary alicyclic amines) is 1. The van der Waals surface area contributed by atoms with Gasteiger partial charge in [0.25, 0.3) is 0 Å². The number of nitrogens with zero attached hydrogens (tertiary/aromatic N) is 1. The second kappa shape index (κ2) is 4.61. The minimum Gasteiger partial charge on any atom is -0.480 e. The maximum absolute atomic E-state index is 13.1. The first-order valence-electron chi connectivity index (χ1n) is 5.34. The van der Waals surface area contributed by atoms with Gasteiger partial charge in [0, 0.05) is 13.1 Å². The van der Waals surface area contributed by atoms with Gasteiger partial charge in [0.1, 0.15) is 12.2 Å². The topological polar surface area (TPSA) is 40.5 Å². The number of hydrogen-bond donors (Lipinski definition) is 1. The minimum absolute atomic E-state index is 0.214. The molecule has 0 radical (unpaired) electrons. The van der Waals surface area contributed by atoms with Crippen molar-refractivity contribution in [3.63, 3.8) is 0 Å². The highest BCUT2D eigenvalue weighted by Gasteiger charge is 2.33. The van der Waals surface area contributed by atoms with Gasteiger partial charge in [-0.05, 0) is 12.0 Å². The Balaban J connectivity index is 2.21. The number of carboxylic acids is 1. The number of halogens is 1. The molecule has 1 N–H and O–H groups in total. The molecule has 16 heavy (non-hydrogen) atoms. The molecule has 86 valence electrons.